The SMILES string of the molecule is CCOC(C1CC(C)C2C(O1)C(O)C1(N)C3CCC4C(C)(C)C(OC(=O)N5CCC5)CCC45C(C)C35CCC21C)C(C)(C)O. The van der Waals surface area contributed by atoms with Crippen LogP contribution in [-0.2, 0) is 14.2 Å². The molecule has 8 heteroatoms. The van der Waals surface area contributed by atoms with E-state index in [-0.39, 0.29) is 57.9 Å². The van der Waals surface area contributed by atoms with Crippen molar-refractivity contribution in [2.45, 2.75) is 148 Å². The summed E-state index contributed by atoms with van der Waals surface area (Å²) < 4.78 is 19.2. The Hall–Kier alpha value is -0.930. The minimum absolute atomic E-state index is 0.0616. The first-order valence-corrected chi connectivity index (χ1v) is 18.0. The first-order chi connectivity index (χ1) is 20.5. The molecule has 0 radical (unpaired) electrons. The lowest BCUT2D eigenvalue weighted by Crippen LogP contribution is -2.70. The van der Waals surface area contributed by atoms with Crippen molar-refractivity contribution in [2.24, 2.45) is 57.0 Å². The van der Waals surface area contributed by atoms with E-state index in [1.165, 1.54) is 0 Å². The molecule has 0 bridgehead atoms. The van der Waals surface area contributed by atoms with E-state index in [0.29, 0.717) is 24.4 Å². The zero-order valence-electron chi connectivity index (χ0n) is 28.6. The largest absolute Gasteiger partial charge is 0.446 e. The third-order valence-corrected chi connectivity index (χ3v) is 15.7. The fraction of sp³-hybridized carbons (Fsp3) is 0.972. The summed E-state index contributed by atoms with van der Waals surface area (Å²) in [6.07, 6.45) is 5.96. The van der Waals surface area contributed by atoms with Crippen molar-refractivity contribution in [3.63, 3.8) is 0 Å². The monoisotopic (exact) mass is 616 g/mol. The number of likely N-dealkylation sites (tertiary alicyclic amines) is 1. The van der Waals surface area contributed by atoms with E-state index >= 15 is 0 Å². The summed E-state index contributed by atoms with van der Waals surface area (Å²) >= 11 is 0. The van der Waals surface area contributed by atoms with Gasteiger partial charge >= 0.3 is 6.09 Å². The number of amides is 1. The lowest BCUT2D eigenvalue weighted by molar-refractivity contribution is -0.214. The minimum atomic E-state index is -1.05. The predicted molar refractivity (Wildman–Crippen MR) is 168 cm³/mol. The van der Waals surface area contributed by atoms with Gasteiger partial charge < -0.3 is 35.1 Å². The van der Waals surface area contributed by atoms with Crippen LogP contribution in [0.2, 0.25) is 0 Å². The van der Waals surface area contributed by atoms with Gasteiger partial charge in [-0.2, -0.15) is 0 Å². The number of carbonyl (C=O) groups excluding carboxylic acids is 1. The molecule has 0 aromatic rings. The van der Waals surface area contributed by atoms with Gasteiger partial charge in [0.1, 0.15) is 12.2 Å². The fourth-order valence-corrected chi connectivity index (χ4v) is 13.7. The first kappa shape index (κ1) is 31.7. The number of carbonyl (C=O) groups is 1. The average Bonchev–Trinajstić information content (AvgIpc) is 3.38. The highest BCUT2D eigenvalue weighted by Crippen LogP contribution is 2.90. The van der Waals surface area contributed by atoms with E-state index in [2.05, 4.69) is 34.6 Å². The van der Waals surface area contributed by atoms with Crippen molar-refractivity contribution in [3.8, 4) is 0 Å². The van der Waals surface area contributed by atoms with Crippen molar-refractivity contribution in [1.82, 2.24) is 4.90 Å². The molecule has 2 spiro atoms. The van der Waals surface area contributed by atoms with Gasteiger partial charge in [-0.05, 0) is 118 Å². The molecule has 7 aliphatic rings. The smallest absolute Gasteiger partial charge is 0.410 e. The highest BCUT2D eigenvalue weighted by atomic mass is 16.6. The summed E-state index contributed by atoms with van der Waals surface area (Å²) in [5.74, 6) is 1.68. The Kier molecular flexibility index (Phi) is 7.06. The number of nitrogens with zero attached hydrogens (tertiary/aromatic N) is 1. The van der Waals surface area contributed by atoms with Crippen LogP contribution in [0.4, 0.5) is 4.79 Å². The third-order valence-electron chi connectivity index (χ3n) is 15.7. The summed E-state index contributed by atoms with van der Waals surface area (Å²) in [7, 11) is 0. The number of aliphatic hydroxyl groups excluding tert-OH is 1. The molecule has 1 amide bonds. The molecule has 7 fully saturated rings. The van der Waals surface area contributed by atoms with E-state index in [1.54, 1.807) is 13.8 Å². The normalized spacial score (nSPS) is 52.8. The van der Waals surface area contributed by atoms with Crippen molar-refractivity contribution in [1.29, 1.82) is 0 Å². The summed E-state index contributed by atoms with van der Waals surface area (Å²) in [5.41, 5.74) is 5.95. The van der Waals surface area contributed by atoms with Crippen molar-refractivity contribution >= 4 is 6.09 Å². The molecule has 0 aromatic carbocycles. The molecular weight excluding hydrogens is 556 g/mol. The van der Waals surface area contributed by atoms with Crippen LogP contribution in [0.15, 0.2) is 0 Å². The van der Waals surface area contributed by atoms with Crippen LogP contribution >= 0.6 is 0 Å². The molecule has 5 aliphatic carbocycles. The Morgan fingerprint density at radius 3 is 2.34 bits per heavy atom. The van der Waals surface area contributed by atoms with Gasteiger partial charge in [0.25, 0.3) is 0 Å². The molecular formula is C36H60N2O6. The van der Waals surface area contributed by atoms with Crippen LogP contribution in [-0.4, -0.2) is 82.6 Å². The Bertz CT molecular complexity index is 1170. The Morgan fingerprint density at radius 2 is 1.73 bits per heavy atom. The summed E-state index contributed by atoms with van der Waals surface area (Å²) in [6, 6.07) is 0. The lowest BCUT2D eigenvalue weighted by Gasteiger charge is -2.63. The maximum Gasteiger partial charge on any atom is 0.410 e. The third kappa shape index (κ3) is 3.67. The summed E-state index contributed by atoms with van der Waals surface area (Å²) in [4.78, 5) is 14.7. The van der Waals surface area contributed by atoms with Gasteiger partial charge in [-0.25, -0.2) is 4.79 Å². The van der Waals surface area contributed by atoms with Crippen LogP contribution in [0.25, 0.3) is 0 Å². The zero-order chi connectivity index (χ0) is 31.8. The summed E-state index contributed by atoms with van der Waals surface area (Å²) in [5, 5.41) is 23.5. The Morgan fingerprint density at radius 1 is 1.07 bits per heavy atom. The number of ether oxygens (including phenoxy) is 3. The van der Waals surface area contributed by atoms with Gasteiger partial charge in [0.2, 0.25) is 0 Å². The second-order valence-electron chi connectivity index (χ2n) is 17.8. The molecule has 4 N–H and O–H groups in total. The van der Waals surface area contributed by atoms with E-state index in [9.17, 15) is 15.0 Å². The van der Waals surface area contributed by atoms with Crippen LogP contribution < -0.4 is 5.73 Å². The van der Waals surface area contributed by atoms with Crippen molar-refractivity contribution in [2.75, 3.05) is 19.7 Å². The predicted octanol–water partition coefficient (Wildman–Crippen LogP) is 5.12. The van der Waals surface area contributed by atoms with Crippen LogP contribution in [0.3, 0.4) is 0 Å². The quantitative estimate of drug-likeness (QED) is 0.393. The Balaban J connectivity index is 1.19. The maximum absolute atomic E-state index is 12.9. The fourth-order valence-electron chi connectivity index (χ4n) is 13.7. The molecule has 0 aromatic heterocycles. The van der Waals surface area contributed by atoms with Gasteiger partial charge in [0, 0.05) is 25.1 Å². The van der Waals surface area contributed by atoms with Crippen molar-refractivity contribution in [3.05, 3.63) is 0 Å². The number of hydrogen-bond acceptors (Lipinski definition) is 7. The van der Waals surface area contributed by atoms with E-state index < -0.39 is 23.3 Å². The number of fused-ring (bicyclic) bond motifs is 4. The second kappa shape index (κ2) is 9.81. The molecule has 2 saturated heterocycles. The van der Waals surface area contributed by atoms with E-state index in [0.717, 1.165) is 64.5 Å². The maximum atomic E-state index is 12.9. The average molecular weight is 617 g/mol. The van der Waals surface area contributed by atoms with Crippen molar-refractivity contribution < 1.29 is 29.2 Å². The number of nitrogens with two attached hydrogens (primary N) is 1. The number of rotatable bonds is 5. The van der Waals surface area contributed by atoms with Crippen LogP contribution in [0, 0.1) is 51.2 Å². The Labute approximate surface area is 265 Å². The number of aliphatic hydroxyl groups is 2. The molecule has 250 valence electrons. The molecule has 2 aliphatic heterocycles. The van der Waals surface area contributed by atoms with Crippen LogP contribution in [0.5, 0.6) is 0 Å². The van der Waals surface area contributed by atoms with Crippen LogP contribution in [0.1, 0.15) is 107 Å². The molecule has 2 heterocycles. The van der Waals surface area contributed by atoms with Gasteiger partial charge in [-0.3, -0.25) is 0 Å². The molecule has 44 heavy (non-hydrogen) atoms. The highest BCUT2D eigenvalue weighted by Gasteiger charge is 2.88. The molecule has 7 rings (SSSR count). The second-order valence-corrected chi connectivity index (χ2v) is 17.8. The zero-order valence-corrected chi connectivity index (χ0v) is 28.6. The first-order valence-electron chi connectivity index (χ1n) is 18.0. The van der Waals surface area contributed by atoms with Gasteiger partial charge in [0.05, 0.1) is 29.5 Å². The molecule has 8 nitrogen and oxygen atoms in total. The van der Waals surface area contributed by atoms with Gasteiger partial charge in [0.15, 0.2) is 0 Å². The van der Waals surface area contributed by atoms with Gasteiger partial charge in [-0.1, -0.05) is 34.6 Å². The lowest BCUT2D eigenvalue weighted by atomic mass is 9.43. The number of hydrogen-bond donors (Lipinski definition) is 3. The standard InChI is InChI=1S/C36H60N2O6/c1-9-42-29(32(6,7)41)22-19-20(2)26-27(43-22)28(39)36(37)24-12-11-23-31(4,5)25(44-30(40)38-17-10-18-38)13-14-34(23)21(3)35(24,34)16-15-33(26,36)8/h20-29,39,41H,9-19,37H2,1-8H3. The summed E-state index contributed by atoms with van der Waals surface area (Å²) in [6.45, 7) is 19.5. The van der Waals surface area contributed by atoms with E-state index in [4.69, 9.17) is 19.9 Å². The minimum Gasteiger partial charge on any atom is -0.446 e. The topological polar surface area (TPSA) is 114 Å². The highest BCUT2D eigenvalue weighted by molar-refractivity contribution is 5.68. The van der Waals surface area contributed by atoms with E-state index in [1.807, 2.05) is 11.8 Å². The molecule has 5 saturated carbocycles. The molecule has 14 atom stereocenters. The molecule has 14 unspecified atom stereocenters. The van der Waals surface area contributed by atoms with Gasteiger partial charge in [-0.15, -0.1) is 0 Å².